The van der Waals surface area contributed by atoms with E-state index in [0.29, 0.717) is 13.2 Å². The van der Waals surface area contributed by atoms with Crippen molar-refractivity contribution < 1.29 is 9.15 Å². The van der Waals surface area contributed by atoms with Crippen LogP contribution in [0.5, 0.6) is 5.75 Å². The molecule has 0 radical (unpaired) electrons. The van der Waals surface area contributed by atoms with Crippen LogP contribution in [0.1, 0.15) is 17.1 Å². The first-order valence-electron chi connectivity index (χ1n) is 9.33. The van der Waals surface area contributed by atoms with Gasteiger partial charge in [-0.05, 0) is 54.5 Å². The van der Waals surface area contributed by atoms with Crippen LogP contribution in [0.3, 0.4) is 0 Å². The number of para-hydroxylation sites is 3. The maximum Gasteiger partial charge on any atom is 0.134 e. The van der Waals surface area contributed by atoms with Crippen molar-refractivity contribution in [3.05, 3.63) is 96.7 Å². The van der Waals surface area contributed by atoms with Gasteiger partial charge in [0.1, 0.15) is 23.9 Å². The second kappa shape index (κ2) is 8.44. The number of fused-ring (bicyclic) bond motifs is 1. The van der Waals surface area contributed by atoms with Gasteiger partial charge in [0.05, 0.1) is 23.8 Å². The molecule has 0 saturated heterocycles. The lowest BCUT2D eigenvalue weighted by Crippen LogP contribution is -2.10. The number of rotatable bonds is 8. The Morgan fingerprint density at radius 2 is 1.86 bits per heavy atom. The highest BCUT2D eigenvalue weighted by Crippen LogP contribution is 2.21. The maximum absolute atomic E-state index is 6.08. The molecule has 4 rings (SSSR count). The van der Waals surface area contributed by atoms with E-state index in [-0.39, 0.29) is 0 Å². The molecule has 0 aliphatic heterocycles. The van der Waals surface area contributed by atoms with Gasteiger partial charge in [-0.2, -0.15) is 0 Å². The van der Waals surface area contributed by atoms with E-state index in [0.717, 1.165) is 40.4 Å². The molecule has 0 aliphatic rings. The van der Waals surface area contributed by atoms with Crippen molar-refractivity contribution in [1.29, 1.82) is 0 Å². The van der Waals surface area contributed by atoms with E-state index in [1.54, 1.807) is 6.26 Å². The zero-order chi connectivity index (χ0) is 19.2. The lowest BCUT2D eigenvalue weighted by molar-refractivity contribution is 0.297. The summed E-state index contributed by atoms with van der Waals surface area (Å²) >= 11 is 0. The normalized spacial score (nSPS) is 11.3. The maximum atomic E-state index is 6.08. The minimum absolute atomic E-state index is 0.552. The number of hydrogen-bond donors (Lipinski definition) is 0. The van der Waals surface area contributed by atoms with Crippen LogP contribution in [0, 0.1) is 0 Å². The summed E-state index contributed by atoms with van der Waals surface area (Å²) in [6, 6.07) is 20.0. The lowest BCUT2D eigenvalue weighted by Gasteiger charge is -2.12. The summed E-state index contributed by atoms with van der Waals surface area (Å²) in [5.74, 6) is 2.58. The molecule has 140 valence electrons. The highest BCUT2D eigenvalue weighted by Gasteiger charge is 2.09. The molecule has 0 spiro atoms. The van der Waals surface area contributed by atoms with Gasteiger partial charge in [0.25, 0.3) is 0 Å². The van der Waals surface area contributed by atoms with Gasteiger partial charge in [-0.1, -0.05) is 36.4 Å². The summed E-state index contributed by atoms with van der Waals surface area (Å²) in [4.78, 5) is 4.75. The monoisotopic (exact) mass is 370 g/mol. The number of hydrogen-bond acceptors (Lipinski definition) is 3. The second-order valence-electron chi connectivity index (χ2n) is 6.41. The topological polar surface area (TPSA) is 40.2 Å². The Morgan fingerprint density at radius 3 is 2.71 bits per heavy atom. The average molecular weight is 370 g/mol. The zero-order valence-corrected chi connectivity index (χ0v) is 15.6. The molecule has 0 fully saturated rings. The first-order valence-corrected chi connectivity index (χ1v) is 9.33. The highest BCUT2D eigenvalue weighted by molar-refractivity contribution is 5.79. The minimum Gasteiger partial charge on any atom is -0.491 e. The zero-order valence-electron chi connectivity index (χ0n) is 15.6. The van der Waals surface area contributed by atoms with E-state index in [9.17, 15) is 0 Å². The minimum atomic E-state index is 0.552. The van der Waals surface area contributed by atoms with Crippen LogP contribution in [0.2, 0.25) is 0 Å². The Morgan fingerprint density at radius 1 is 1.00 bits per heavy atom. The number of allylic oxidation sites excluding steroid dienone is 1. The second-order valence-corrected chi connectivity index (χ2v) is 6.41. The number of furan rings is 1. The van der Waals surface area contributed by atoms with E-state index in [1.807, 2.05) is 66.8 Å². The van der Waals surface area contributed by atoms with Crippen molar-refractivity contribution >= 4 is 23.2 Å². The third-order valence-electron chi connectivity index (χ3n) is 4.53. The Bertz CT molecular complexity index is 1090. The summed E-state index contributed by atoms with van der Waals surface area (Å²) in [6.45, 7) is 5.07. The van der Waals surface area contributed by atoms with Crippen LogP contribution in [0.15, 0.2) is 84.0 Å². The van der Waals surface area contributed by atoms with Crippen molar-refractivity contribution in [1.82, 2.24) is 9.55 Å². The molecule has 0 saturated carbocycles. The van der Waals surface area contributed by atoms with Crippen LogP contribution in [0.25, 0.3) is 23.2 Å². The fourth-order valence-electron chi connectivity index (χ4n) is 3.21. The first kappa shape index (κ1) is 17.9. The summed E-state index contributed by atoms with van der Waals surface area (Å²) in [6.07, 6.45) is 8.25. The van der Waals surface area contributed by atoms with Gasteiger partial charge in [-0.25, -0.2) is 4.98 Å². The van der Waals surface area contributed by atoms with E-state index in [4.69, 9.17) is 14.1 Å². The molecule has 4 nitrogen and oxygen atoms in total. The summed E-state index contributed by atoms with van der Waals surface area (Å²) in [5, 5.41) is 0. The summed E-state index contributed by atoms with van der Waals surface area (Å²) in [7, 11) is 0. The standard InChI is InChI=1S/C24H22N2O2/c1-2-8-19-9-3-6-13-23(19)28-18-16-26-22-12-5-4-11-21(22)25-24(26)15-14-20-10-7-17-27-20/h2-7,9-15,17H,1,8,16,18H2/b15-14+. The van der Waals surface area contributed by atoms with E-state index in [2.05, 4.69) is 23.3 Å². The van der Waals surface area contributed by atoms with Crippen LogP contribution < -0.4 is 4.74 Å². The van der Waals surface area contributed by atoms with Gasteiger partial charge in [0, 0.05) is 0 Å². The highest BCUT2D eigenvalue weighted by atomic mass is 16.5. The number of aromatic nitrogens is 2. The van der Waals surface area contributed by atoms with E-state index < -0.39 is 0 Å². The predicted molar refractivity (Wildman–Crippen MR) is 113 cm³/mol. The smallest absolute Gasteiger partial charge is 0.134 e. The first-order chi connectivity index (χ1) is 13.8. The largest absolute Gasteiger partial charge is 0.491 e. The van der Waals surface area contributed by atoms with Crippen molar-refractivity contribution in [3.8, 4) is 5.75 Å². The molecule has 0 bridgehead atoms. The van der Waals surface area contributed by atoms with E-state index >= 15 is 0 Å². The predicted octanol–water partition coefficient (Wildman–Crippen LogP) is 5.61. The number of ether oxygens (including phenoxy) is 1. The molecule has 0 amide bonds. The van der Waals surface area contributed by atoms with Gasteiger partial charge < -0.3 is 13.7 Å². The fraction of sp³-hybridized carbons (Fsp3) is 0.125. The van der Waals surface area contributed by atoms with Gasteiger partial charge >= 0.3 is 0 Å². The van der Waals surface area contributed by atoms with Gasteiger partial charge in [-0.15, -0.1) is 6.58 Å². The molecule has 4 heteroatoms. The van der Waals surface area contributed by atoms with Crippen molar-refractivity contribution in [2.24, 2.45) is 0 Å². The molecule has 4 aromatic rings. The van der Waals surface area contributed by atoms with Crippen LogP contribution >= 0.6 is 0 Å². The Kier molecular flexibility index (Phi) is 5.38. The summed E-state index contributed by atoms with van der Waals surface area (Å²) in [5.41, 5.74) is 3.20. The molecule has 0 unspecified atom stereocenters. The molecule has 2 aromatic heterocycles. The lowest BCUT2D eigenvalue weighted by atomic mass is 10.1. The molecular formula is C24H22N2O2. The number of benzene rings is 2. The SMILES string of the molecule is C=CCc1ccccc1OCCn1c(/C=C/c2ccco2)nc2ccccc21. The van der Waals surface area contributed by atoms with E-state index in [1.165, 1.54) is 0 Å². The molecule has 0 atom stereocenters. The Hall–Kier alpha value is -3.53. The van der Waals surface area contributed by atoms with Crippen molar-refractivity contribution in [2.45, 2.75) is 13.0 Å². The number of imidazole rings is 1. The molecule has 0 N–H and O–H groups in total. The van der Waals surface area contributed by atoms with Crippen LogP contribution in [-0.2, 0) is 13.0 Å². The molecule has 2 aromatic carbocycles. The van der Waals surface area contributed by atoms with Crippen LogP contribution in [0.4, 0.5) is 0 Å². The number of nitrogens with zero attached hydrogens (tertiary/aromatic N) is 2. The van der Waals surface area contributed by atoms with Gasteiger partial charge in [0.15, 0.2) is 0 Å². The Balaban J connectivity index is 1.56. The average Bonchev–Trinajstić information content (AvgIpc) is 3.36. The Labute approximate surface area is 164 Å². The molecule has 0 aliphatic carbocycles. The fourth-order valence-corrected chi connectivity index (χ4v) is 3.21. The van der Waals surface area contributed by atoms with Crippen molar-refractivity contribution in [3.63, 3.8) is 0 Å². The third kappa shape index (κ3) is 3.91. The molecule has 28 heavy (non-hydrogen) atoms. The molecular weight excluding hydrogens is 348 g/mol. The van der Waals surface area contributed by atoms with Gasteiger partial charge in [-0.3, -0.25) is 0 Å². The van der Waals surface area contributed by atoms with Crippen LogP contribution in [-0.4, -0.2) is 16.2 Å². The quantitative estimate of drug-likeness (QED) is 0.379. The summed E-state index contributed by atoms with van der Waals surface area (Å²) < 4.78 is 13.6. The van der Waals surface area contributed by atoms with Gasteiger partial charge in [0.2, 0.25) is 0 Å². The molecule has 2 heterocycles. The van der Waals surface area contributed by atoms with Crippen molar-refractivity contribution in [2.75, 3.05) is 6.61 Å². The third-order valence-corrected chi connectivity index (χ3v) is 4.53.